The Labute approximate surface area is 178 Å². The average molecular weight is 461 g/mol. The minimum atomic E-state index is -0.572. The third kappa shape index (κ3) is 4.08. The first-order valence-corrected chi connectivity index (χ1v) is 10.7. The molecule has 0 saturated heterocycles. The van der Waals surface area contributed by atoms with Gasteiger partial charge in [0.2, 0.25) is 0 Å². The Morgan fingerprint density at radius 1 is 1.34 bits per heavy atom. The first kappa shape index (κ1) is 20.1. The fraction of sp³-hybridized carbons (Fsp3) is 0.524. The van der Waals surface area contributed by atoms with Gasteiger partial charge in [-0.05, 0) is 80.1 Å². The predicted octanol–water partition coefficient (Wildman–Crippen LogP) is 3.69. The highest BCUT2D eigenvalue weighted by Crippen LogP contribution is 2.52. The summed E-state index contributed by atoms with van der Waals surface area (Å²) in [6.07, 6.45) is 4.66. The van der Waals surface area contributed by atoms with Crippen LogP contribution in [0.2, 0.25) is 0 Å². The molecule has 2 aliphatic rings. The van der Waals surface area contributed by atoms with Crippen molar-refractivity contribution >= 4 is 22.0 Å². The maximum Gasteiger partial charge on any atom is 0.410 e. The van der Waals surface area contributed by atoms with E-state index in [-0.39, 0.29) is 17.5 Å². The van der Waals surface area contributed by atoms with Crippen LogP contribution in [0.4, 0.5) is 4.79 Å². The van der Waals surface area contributed by atoms with Crippen LogP contribution in [0.3, 0.4) is 0 Å². The molecule has 0 unspecified atom stereocenters. The number of aromatic nitrogens is 3. The van der Waals surface area contributed by atoms with Gasteiger partial charge in [-0.3, -0.25) is 4.79 Å². The van der Waals surface area contributed by atoms with Crippen molar-refractivity contribution in [3.05, 3.63) is 55.9 Å². The van der Waals surface area contributed by atoms with E-state index in [1.165, 1.54) is 0 Å². The minimum absolute atomic E-state index is 0.167. The fourth-order valence-corrected chi connectivity index (χ4v) is 4.18. The number of carbonyl (C=O) groups excluding carboxylic acids is 1. The van der Waals surface area contributed by atoms with Gasteiger partial charge in [0.05, 0.1) is 23.2 Å². The summed E-state index contributed by atoms with van der Waals surface area (Å²) in [5.41, 5.74) is 1.46. The molecule has 0 spiro atoms. The summed E-state index contributed by atoms with van der Waals surface area (Å²) in [5.74, 6) is 0.713. The molecule has 1 N–H and O–H groups in total. The molecule has 2 aromatic rings. The van der Waals surface area contributed by atoms with Crippen molar-refractivity contribution in [3.63, 3.8) is 0 Å². The lowest BCUT2D eigenvalue weighted by Crippen LogP contribution is -2.37. The molecular formula is C21H25BrN4O3. The topological polar surface area (TPSA) is 88.2 Å². The molecule has 1 amide bonds. The Hall–Kier alpha value is -2.22. The van der Waals surface area contributed by atoms with E-state index in [9.17, 15) is 9.59 Å². The zero-order valence-corrected chi connectivity index (χ0v) is 18.5. The van der Waals surface area contributed by atoms with Gasteiger partial charge in [0, 0.05) is 12.7 Å². The van der Waals surface area contributed by atoms with E-state index >= 15 is 0 Å². The summed E-state index contributed by atoms with van der Waals surface area (Å²) >= 11 is 3.43. The second-order valence-corrected chi connectivity index (χ2v) is 9.61. The first-order valence-electron chi connectivity index (χ1n) is 9.90. The summed E-state index contributed by atoms with van der Waals surface area (Å²) in [6.45, 7) is 6.28. The van der Waals surface area contributed by atoms with Gasteiger partial charge in [-0.15, -0.1) is 0 Å². The molecule has 1 fully saturated rings. The lowest BCUT2D eigenvalue weighted by molar-refractivity contribution is 0.0236. The van der Waals surface area contributed by atoms with Crippen molar-refractivity contribution < 1.29 is 9.53 Å². The number of fused-ring (bicyclic) bond motifs is 1. The number of carbonyl (C=O) groups is 1. The van der Waals surface area contributed by atoms with Gasteiger partial charge in [0.1, 0.15) is 16.0 Å². The van der Waals surface area contributed by atoms with Crippen molar-refractivity contribution in [2.75, 3.05) is 6.54 Å². The van der Waals surface area contributed by atoms with Crippen LogP contribution in [0.1, 0.15) is 62.7 Å². The van der Waals surface area contributed by atoms with Crippen molar-refractivity contribution in [1.82, 2.24) is 19.9 Å². The molecule has 2 aromatic heterocycles. The molecule has 4 rings (SSSR count). The van der Waals surface area contributed by atoms with Crippen LogP contribution in [0.25, 0.3) is 0 Å². The molecule has 0 atom stereocenters. The summed E-state index contributed by atoms with van der Waals surface area (Å²) < 4.78 is 6.26. The highest BCUT2D eigenvalue weighted by molar-refractivity contribution is 9.10. The van der Waals surface area contributed by atoms with Gasteiger partial charge in [-0.1, -0.05) is 0 Å². The van der Waals surface area contributed by atoms with Gasteiger partial charge in [0.25, 0.3) is 5.56 Å². The number of pyridine rings is 1. The summed E-state index contributed by atoms with van der Waals surface area (Å²) in [7, 11) is 0. The maximum absolute atomic E-state index is 13.0. The molecule has 3 heterocycles. The second kappa shape index (κ2) is 7.23. The Kier molecular flexibility index (Phi) is 5.01. The highest BCUT2D eigenvalue weighted by Gasteiger charge is 2.49. The van der Waals surface area contributed by atoms with E-state index in [0.717, 1.165) is 35.1 Å². The maximum atomic E-state index is 13.0. The minimum Gasteiger partial charge on any atom is -0.444 e. The number of nitrogens with zero attached hydrogens (tertiary/aromatic N) is 3. The smallest absolute Gasteiger partial charge is 0.410 e. The molecule has 0 aromatic carbocycles. The summed E-state index contributed by atoms with van der Waals surface area (Å²) in [5, 5.41) is 0. The van der Waals surface area contributed by atoms with E-state index in [1.807, 2.05) is 32.9 Å². The van der Waals surface area contributed by atoms with Crippen LogP contribution in [-0.4, -0.2) is 38.1 Å². The van der Waals surface area contributed by atoms with Gasteiger partial charge in [-0.25, -0.2) is 14.8 Å². The van der Waals surface area contributed by atoms with Gasteiger partial charge < -0.3 is 14.6 Å². The fourth-order valence-electron chi connectivity index (χ4n) is 3.82. The Morgan fingerprint density at radius 2 is 2.10 bits per heavy atom. The SMILES string of the molecule is CC(C)(C)OC(=O)N1CCCc2nc(C3(c4ccnc(Br)c4)CC3)[nH]c(=O)c2C1. The molecule has 1 saturated carbocycles. The number of H-pyrrole nitrogens is 1. The van der Waals surface area contributed by atoms with Crippen LogP contribution < -0.4 is 5.56 Å². The molecular weight excluding hydrogens is 436 g/mol. The number of rotatable bonds is 2. The van der Waals surface area contributed by atoms with Gasteiger partial charge in [-0.2, -0.15) is 0 Å². The Balaban J connectivity index is 1.65. The van der Waals surface area contributed by atoms with E-state index in [0.29, 0.717) is 24.4 Å². The third-order valence-corrected chi connectivity index (χ3v) is 5.86. The zero-order valence-electron chi connectivity index (χ0n) is 16.9. The second-order valence-electron chi connectivity index (χ2n) is 8.79. The largest absolute Gasteiger partial charge is 0.444 e. The van der Waals surface area contributed by atoms with Crippen LogP contribution in [-0.2, 0) is 23.1 Å². The molecule has 8 heteroatoms. The number of nitrogens with one attached hydrogen (secondary N) is 1. The number of hydrogen-bond acceptors (Lipinski definition) is 5. The molecule has 154 valence electrons. The molecule has 1 aliphatic heterocycles. The van der Waals surface area contributed by atoms with E-state index in [2.05, 4.69) is 25.9 Å². The van der Waals surface area contributed by atoms with E-state index < -0.39 is 11.7 Å². The number of hydrogen-bond donors (Lipinski definition) is 1. The number of aryl methyl sites for hydroxylation is 1. The van der Waals surface area contributed by atoms with Crippen molar-refractivity contribution in [2.45, 2.75) is 64.0 Å². The quantitative estimate of drug-likeness (QED) is 0.690. The molecule has 7 nitrogen and oxygen atoms in total. The van der Waals surface area contributed by atoms with Crippen molar-refractivity contribution in [3.8, 4) is 0 Å². The molecule has 29 heavy (non-hydrogen) atoms. The summed E-state index contributed by atoms with van der Waals surface area (Å²) in [6, 6.07) is 3.97. The van der Waals surface area contributed by atoms with Crippen molar-refractivity contribution in [1.29, 1.82) is 0 Å². The lowest BCUT2D eigenvalue weighted by atomic mass is 9.95. The monoisotopic (exact) mass is 460 g/mol. The standard InChI is InChI=1S/C21H25BrN4O3/c1-20(2,3)29-19(28)26-10-4-5-15-14(12-26)17(27)25-18(24-15)21(7-8-21)13-6-9-23-16(22)11-13/h6,9,11H,4-5,7-8,10,12H2,1-3H3,(H,24,25,27). The number of aromatic amines is 1. The first-order chi connectivity index (χ1) is 13.7. The molecule has 0 radical (unpaired) electrons. The highest BCUT2D eigenvalue weighted by atomic mass is 79.9. The lowest BCUT2D eigenvalue weighted by Gasteiger charge is -2.26. The zero-order chi connectivity index (χ0) is 20.8. The van der Waals surface area contributed by atoms with Gasteiger partial charge in [0.15, 0.2) is 0 Å². The average Bonchev–Trinajstić information content (AvgIpc) is 3.44. The Bertz CT molecular complexity index is 1010. The molecule has 1 aliphatic carbocycles. The summed E-state index contributed by atoms with van der Waals surface area (Å²) in [4.78, 5) is 39.1. The van der Waals surface area contributed by atoms with Crippen LogP contribution in [0.5, 0.6) is 0 Å². The van der Waals surface area contributed by atoms with E-state index in [1.54, 1.807) is 11.1 Å². The van der Waals surface area contributed by atoms with Crippen LogP contribution in [0, 0.1) is 0 Å². The number of amides is 1. The predicted molar refractivity (Wildman–Crippen MR) is 112 cm³/mol. The Morgan fingerprint density at radius 3 is 2.76 bits per heavy atom. The normalized spacial score (nSPS) is 18.0. The van der Waals surface area contributed by atoms with Crippen LogP contribution in [0.15, 0.2) is 27.7 Å². The van der Waals surface area contributed by atoms with Crippen LogP contribution >= 0.6 is 15.9 Å². The van der Waals surface area contributed by atoms with Gasteiger partial charge >= 0.3 is 6.09 Å². The van der Waals surface area contributed by atoms with E-state index in [4.69, 9.17) is 9.72 Å². The number of ether oxygens (including phenoxy) is 1. The number of halogens is 1. The molecule has 0 bridgehead atoms. The van der Waals surface area contributed by atoms with Crippen molar-refractivity contribution in [2.24, 2.45) is 0 Å². The third-order valence-electron chi connectivity index (χ3n) is 5.43.